The maximum Gasteiger partial charge on any atom is 0.353 e. The van der Waals surface area contributed by atoms with Crippen LogP contribution in [0, 0.1) is 0 Å². The molecule has 0 saturated carbocycles. The van der Waals surface area contributed by atoms with Crippen LogP contribution in [0.2, 0.25) is 0 Å². The van der Waals surface area contributed by atoms with Gasteiger partial charge in [-0.2, -0.15) is 9.07 Å². The fourth-order valence-electron chi connectivity index (χ4n) is 1.50. The summed E-state index contributed by atoms with van der Waals surface area (Å²) in [5.74, 6) is -3.42. The molecule has 0 aromatic carbocycles. The van der Waals surface area contributed by atoms with Gasteiger partial charge in [0, 0.05) is 12.3 Å². The third-order valence-corrected chi connectivity index (χ3v) is 2.41. The highest BCUT2D eigenvalue weighted by Crippen LogP contribution is 2.28. The highest BCUT2D eigenvalue weighted by Gasteiger charge is 2.56. The number of hydroxylamine groups is 1. The van der Waals surface area contributed by atoms with Gasteiger partial charge in [-0.15, -0.1) is 5.17 Å². The number of H-pyrrole nitrogens is 1. The van der Waals surface area contributed by atoms with E-state index in [1.165, 1.54) is 0 Å². The summed E-state index contributed by atoms with van der Waals surface area (Å²) in [5, 5.41) is 27.6. The van der Waals surface area contributed by atoms with Crippen LogP contribution in [-0.4, -0.2) is 49.8 Å². The molecular weight excluding hydrogens is 253 g/mol. The van der Waals surface area contributed by atoms with Crippen molar-refractivity contribution in [3.8, 4) is 0 Å². The molecule has 1 aliphatic heterocycles. The molecule has 1 aromatic rings. The molecule has 1 aliphatic rings. The summed E-state index contributed by atoms with van der Waals surface area (Å²) in [6, 6.07) is 0.888. The van der Waals surface area contributed by atoms with Crippen molar-refractivity contribution in [2.24, 2.45) is 0 Å². The molecule has 0 amide bonds. The van der Waals surface area contributed by atoms with Crippen LogP contribution in [0.5, 0.6) is 0 Å². The molecule has 0 spiro atoms. The first-order valence-corrected chi connectivity index (χ1v) is 4.87. The lowest BCUT2D eigenvalue weighted by Crippen LogP contribution is -2.55. The Balaban J connectivity index is 2.45. The molecule has 100 valence electrons. The number of nitrogens with zero attached hydrogens (tertiary/aromatic N) is 2. The maximum absolute atomic E-state index is 13.8. The molecule has 0 radical (unpaired) electrons. The van der Waals surface area contributed by atoms with Gasteiger partial charge in [-0.1, -0.05) is 0 Å². The summed E-state index contributed by atoms with van der Waals surface area (Å²) < 4.78 is 14.2. The summed E-state index contributed by atoms with van der Waals surface area (Å²) in [6.07, 6.45) is -2.68. The van der Waals surface area contributed by atoms with E-state index in [-0.39, 0.29) is 5.17 Å². The topological polar surface area (TPSA) is 128 Å². The van der Waals surface area contributed by atoms with Crippen LogP contribution < -0.4 is 16.4 Å². The van der Waals surface area contributed by atoms with Crippen LogP contribution in [0.15, 0.2) is 21.9 Å². The van der Waals surface area contributed by atoms with Gasteiger partial charge in [0.15, 0.2) is 6.10 Å². The Labute approximate surface area is 98.2 Å². The summed E-state index contributed by atoms with van der Waals surface area (Å²) in [4.78, 5) is 28.7. The smallest absolute Gasteiger partial charge is 0.353 e. The fourth-order valence-corrected chi connectivity index (χ4v) is 1.50. The molecule has 4 N–H and O–H groups in total. The van der Waals surface area contributed by atoms with Gasteiger partial charge >= 0.3 is 11.7 Å². The minimum absolute atomic E-state index is 0.0385. The molecule has 9 nitrogen and oxygen atoms in total. The molecule has 18 heavy (non-hydrogen) atoms. The molecule has 1 saturated heterocycles. The van der Waals surface area contributed by atoms with E-state index in [2.05, 4.69) is 0 Å². The Morgan fingerprint density at radius 1 is 1.56 bits per heavy atom. The van der Waals surface area contributed by atoms with Crippen molar-refractivity contribution in [2.75, 3.05) is 11.8 Å². The normalized spacial score (nSPS) is 31.9. The maximum atomic E-state index is 13.8. The standard InChI is InChI=1S/C8H10FN3O6/c9-8(17)6(15)4(3-13)18-12(8)11-2-1-5(14)10-7(11)16/h1-2,4,6,13,15,17H,3H2,(H,10,14,16)/t4-,6-,8+/m1/s1. The van der Waals surface area contributed by atoms with E-state index in [4.69, 9.17) is 9.94 Å². The summed E-state index contributed by atoms with van der Waals surface area (Å²) in [6.45, 7) is -0.776. The number of rotatable bonds is 2. The zero-order chi connectivity index (χ0) is 13.5. The number of halogens is 1. The molecule has 3 atom stereocenters. The second kappa shape index (κ2) is 4.17. The second-order valence-corrected chi connectivity index (χ2v) is 3.64. The quantitative estimate of drug-likeness (QED) is 0.413. The molecule has 1 fully saturated rings. The van der Waals surface area contributed by atoms with Crippen molar-refractivity contribution < 1.29 is 24.5 Å². The fraction of sp³-hybridized carbons (Fsp3) is 0.500. The largest absolute Gasteiger partial charge is 0.393 e. The predicted molar refractivity (Wildman–Crippen MR) is 53.6 cm³/mol. The number of nitrogens with one attached hydrogen (secondary N) is 1. The summed E-state index contributed by atoms with van der Waals surface area (Å²) in [5.41, 5.74) is -1.80. The Morgan fingerprint density at radius 2 is 2.22 bits per heavy atom. The first-order valence-electron chi connectivity index (χ1n) is 4.87. The third kappa shape index (κ3) is 1.80. The summed E-state index contributed by atoms with van der Waals surface area (Å²) in [7, 11) is 0. The van der Waals surface area contributed by atoms with Gasteiger partial charge in [0.05, 0.1) is 6.61 Å². The van der Waals surface area contributed by atoms with Crippen molar-refractivity contribution >= 4 is 0 Å². The van der Waals surface area contributed by atoms with E-state index in [0.29, 0.717) is 4.68 Å². The van der Waals surface area contributed by atoms with Gasteiger partial charge < -0.3 is 15.3 Å². The molecular formula is C8H10FN3O6. The van der Waals surface area contributed by atoms with Crippen LogP contribution in [0.1, 0.15) is 0 Å². The minimum Gasteiger partial charge on any atom is -0.393 e. The molecule has 1 aromatic heterocycles. The van der Waals surface area contributed by atoms with E-state index in [1.807, 2.05) is 4.98 Å². The highest BCUT2D eigenvalue weighted by atomic mass is 19.2. The molecule has 2 heterocycles. The van der Waals surface area contributed by atoms with Crippen molar-refractivity contribution in [3.63, 3.8) is 0 Å². The zero-order valence-electron chi connectivity index (χ0n) is 8.86. The first kappa shape index (κ1) is 12.7. The van der Waals surface area contributed by atoms with E-state index in [1.54, 1.807) is 0 Å². The van der Waals surface area contributed by atoms with Gasteiger partial charge in [0.2, 0.25) is 0 Å². The van der Waals surface area contributed by atoms with E-state index in [9.17, 15) is 24.2 Å². The molecule has 2 rings (SSSR count). The van der Waals surface area contributed by atoms with Crippen LogP contribution in [0.3, 0.4) is 0 Å². The average Bonchev–Trinajstić information content (AvgIpc) is 2.52. The Morgan fingerprint density at radius 3 is 2.72 bits per heavy atom. The lowest BCUT2D eigenvalue weighted by Gasteiger charge is -2.26. The Hall–Kier alpha value is -1.75. The lowest BCUT2D eigenvalue weighted by atomic mass is 10.2. The van der Waals surface area contributed by atoms with Crippen molar-refractivity contribution in [2.45, 2.75) is 18.2 Å². The van der Waals surface area contributed by atoms with E-state index >= 15 is 0 Å². The minimum atomic E-state index is -3.42. The Kier molecular flexibility index (Phi) is 2.94. The van der Waals surface area contributed by atoms with E-state index in [0.717, 1.165) is 12.3 Å². The molecule has 0 aliphatic carbocycles. The molecule has 0 unspecified atom stereocenters. The van der Waals surface area contributed by atoms with Crippen LogP contribution in [0.4, 0.5) is 4.39 Å². The lowest BCUT2D eigenvalue weighted by molar-refractivity contribution is -0.173. The zero-order valence-corrected chi connectivity index (χ0v) is 8.86. The van der Waals surface area contributed by atoms with Crippen molar-refractivity contribution in [1.82, 2.24) is 9.66 Å². The second-order valence-electron chi connectivity index (χ2n) is 3.64. The van der Waals surface area contributed by atoms with Gasteiger partial charge in [-0.25, -0.2) is 9.63 Å². The predicted octanol–water partition coefficient (Wildman–Crippen LogP) is -3.24. The number of aliphatic hydroxyl groups is 3. The van der Waals surface area contributed by atoms with Crippen LogP contribution >= 0.6 is 0 Å². The Bertz CT molecular complexity index is 554. The number of aromatic amines is 1. The number of aromatic nitrogens is 2. The summed E-state index contributed by atoms with van der Waals surface area (Å²) >= 11 is 0. The van der Waals surface area contributed by atoms with E-state index < -0.39 is 36.0 Å². The van der Waals surface area contributed by atoms with Gasteiger partial charge in [0.25, 0.3) is 5.56 Å². The third-order valence-electron chi connectivity index (χ3n) is 2.41. The van der Waals surface area contributed by atoms with Gasteiger partial charge in [-0.3, -0.25) is 9.78 Å². The van der Waals surface area contributed by atoms with Crippen LogP contribution in [0.25, 0.3) is 0 Å². The number of aliphatic hydroxyl groups excluding tert-OH is 2. The van der Waals surface area contributed by atoms with Gasteiger partial charge in [-0.05, 0) is 0 Å². The van der Waals surface area contributed by atoms with Crippen LogP contribution in [-0.2, 0) is 4.84 Å². The first-order chi connectivity index (χ1) is 8.37. The number of hydrogen-bond donors (Lipinski definition) is 4. The number of alkyl halides is 1. The number of hydrogen-bond acceptors (Lipinski definition) is 7. The molecule has 10 heteroatoms. The monoisotopic (exact) mass is 263 g/mol. The molecule has 0 bridgehead atoms. The SMILES string of the molecule is O=c1ccn(N2O[C@H](CO)[C@@H](O)[C@]2(O)F)c(=O)[nH]1. The van der Waals surface area contributed by atoms with Crippen molar-refractivity contribution in [1.29, 1.82) is 0 Å². The van der Waals surface area contributed by atoms with Crippen molar-refractivity contribution in [3.05, 3.63) is 33.1 Å². The highest BCUT2D eigenvalue weighted by molar-refractivity contribution is 5.01. The average molecular weight is 263 g/mol. The van der Waals surface area contributed by atoms with Gasteiger partial charge in [0.1, 0.15) is 6.10 Å².